The quantitative estimate of drug-likeness (QED) is 0.449. The molecule has 4 rings (SSSR count). The molecule has 0 unspecified atom stereocenters. The van der Waals surface area contributed by atoms with E-state index in [-0.39, 0.29) is 23.0 Å². The first-order chi connectivity index (χ1) is 15.3. The molecule has 0 aliphatic rings. The second-order valence-electron chi connectivity index (χ2n) is 7.61. The van der Waals surface area contributed by atoms with Crippen LogP contribution in [0.25, 0.3) is 10.9 Å². The number of benzene rings is 3. The molecule has 0 bridgehead atoms. The highest BCUT2D eigenvalue weighted by atomic mass is 32.2. The van der Waals surface area contributed by atoms with Crippen molar-refractivity contribution in [2.45, 2.75) is 31.8 Å². The average Bonchev–Trinajstić information content (AvgIpc) is 3.11. The highest BCUT2D eigenvalue weighted by molar-refractivity contribution is 7.89. The molecule has 0 fully saturated rings. The Morgan fingerprint density at radius 2 is 1.72 bits per heavy atom. The molecule has 1 amide bonds. The van der Waals surface area contributed by atoms with E-state index in [0.717, 1.165) is 22.0 Å². The summed E-state index contributed by atoms with van der Waals surface area (Å²) in [5.74, 6) is -0.337. The summed E-state index contributed by atoms with van der Waals surface area (Å²) in [6, 6.07) is 22.6. The third-order valence-corrected chi connectivity index (χ3v) is 6.52. The molecule has 32 heavy (non-hydrogen) atoms. The molecular formula is C24H24N4O3S. The summed E-state index contributed by atoms with van der Waals surface area (Å²) in [6.07, 6.45) is 0. The fourth-order valence-electron chi connectivity index (χ4n) is 3.59. The topological polar surface area (TPSA) is 93.1 Å². The van der Waals surface area contributed by atoms with Gasteiger partial charge >= 0.3 is 0 Å². The minimum absolute atomic E-state index is 0.0259. The summed E-state index contributed by atoms with van der Waals surface area (Å²) < 4.78 is 30.7. The maximum atomic E-state index is 13.1. The van der Waals surface area contributed by atoms with Crippen LogP contribution < -0.4 is 10.0 Å². The lowest BCUT2D eigenvalue weighted by atomic mass is 10.2. The Morgan fingerprint density at radius 1 is 1.00 bits per heavy atom. The van der Waals surface area contributed by atoms with Gasteiger partial charge in [0.15, 0.2) is 0 Å². The van der Waals surface area contributed by atoms with Gasteiger partial charge in [0.25, 0.3) is 0 Å². The summed E-state index contributed by atoms with van der Waals surface area (Å²) in [5, 5.41) is 8.16. The van der Waals surface area contributed by atoms with E-state index in [1.54, 1.807) is 25.1 Å². The van der Waals surface area contributed by atoms with Crippen molar-refractivity contribution in [1.29, 1.82) is 0 Å². The first-order valence-electron chi connectivity index (χ1n) is 10.2. The predicted octanol–water partition coefficient (Wildman–Crippen LogP) is 3.83. The minimum Gasteiger partial charge on any atom is -0.325 e. The largest absolute Gasteiger partial charge is 0.325 e. The van der Waals surface area contributed by atoms with Crippen molar-refractivity contribution in [3.8, 4) is 0 Å². The van der Waals surface area contributed by atoms with E-state index in [4.69, 9.17) is 0 Å². The van der Waals surface area contributed by atoms with Crippen LogP contribution in [0.1, 0.15) is 23.7 Å². The van der Waals surface area contributed by atoms with Crippen molar-refractivity contribution in [3.05, 3.63) is 89.6 Å². The molecule has 2 N–H and O–H groups in total. The van der Waals surface area contributed by atoms with Crippen LogP contribution in [0.15, 0.2) is 77.7 Å². The number of sulfonamides is 1. The molecule has 0 spiro atoms. The van der Waals surface area contributed by atoms with Gasteiger partial charge in [-0.15, -0.1) is 0 Å². The average molecular weight is 449 g/mol. The van der Waals surface area contributed by atoms with E-state index in [1.165, 1.54) is 6.92 Å². The number of nitrogens with zero attached hydrogens (tertiary/aromatic N) is 2. The van der Waals surface area contributed by atoms with E-state index < -0.39 is 10.0 Å². The third-order valence-electron chi connectivity index (χ3n) is 5.08. The maximum Gasteiger partial charge on any atom is 0.243 e. The molecule has 1 aromatic heterocycles. The first kappa shape index (κ1) is 21.7. The molecule has 0 aliphatic carbocycles. The summed E-state index contributed by atoms with van der Waals surface area (Å²) in [4.78, 5) is 11.5. The zero-order valence-corrected chi connectivity index (χ0v) is 18.7. The van der Waals surface area contributed by atoms with Crippen LogP contribution in [-0.4, -0.2) is 24.1 Å². The monoisotopic (exact) mass is 448 g/mol. The number of anilines is 1. The summed E-state index contributed by atoms with van der Waals surface area (Å²) in [5.41, 5.74) is 3.69. The smallest absolute Gasteiger partial charge is 0.243 e. The number of rotatable bonds is 7. The van der Waals surface area contributed by atoms with E-state index in [9.17, 15) is 13.2 Å². The van der Waals surface area contributed by atoms with Crippen LogP contribution in [0.2, 0.25) is 0 Å². The van der Waals surface area contributed by atoms with Gasteiger partial charge in [-0.2, -0.15) is 5.10 Å². The summed E-state index contributed by atoms with van der Waals surface area (Å²) in [7, 11) is -3.89. The Balaban J connectivity index is 1.64. The van der Waals surface area contributed by atoms with Crippen LogP contribution in [-0.2, 0) is 27.9 Å². The summed E-state index contributed by atoms with van der Waals surface area (Å²) in [6.45, 7) is 3.75. The maximum absolute atomic E-state index is 13.1. The van der Waals surface area contributed by atoms with Gasteiger partial charge in [-0.3, -0.25) is 9.48 Å². The number of nitrogens with one attached hydrogen (secondary N) is 2. The Labute approximate surface area is 187 Å². The third kappa shape index (κ3) is 4.71. The van der Waals surface area contributed by atoms with Crippen molar-refractivity contribution < 1.29 is 13.2 Å². The van der Waals surface area contributed by atoms with Crippen molar-refractivity contribution in [2.24, 2.45) is 0 Å². The van der Waals surface area contributed by atoms with Gasteiger partial charge in [0.05, 0.1) is 30.0 Å². The molecule has 4 aromatic rings. The van der Waals surface area contributed by atoms with E-state index in [2.05, 4.69) is 15.1 Å². The Kier molecular flexibility index (Phi) is 6.07. The molecule has 0 radical (unpaired) electrons. The number of carbonyl (C=O) groups excluding carboxylic acids is 1. The van der Waals surface area contributed by atoms with E-state index in [0.29, 0.717) is 12.2 Å². The Morgan fingerprint density at radius 3 is 2.47 bits per heavy atom. The molecule has 0 atom stereocenters. The number of amides is 1. The van der Waals surface area contributed by atoms with Gasteiger partial charge in [-0.1, -0.05) is 54.6 Å². The molecule has 7 nitrogen and oxygen atoms in total. The molecule has 3 aromatic carbocycles. The molecule has 0 aliphatic heterocycles. The lowest BCUT2D eigenvalue weighted by Gasteiger charge is -2.12. The summed E-state index contributed by atoms with van der Waals surface area (Å²) >= 11 is 0. The number of fused-ring (bicyclic) bond motifs is 1. The Hall–Kier alpha value is -3.49. The predicted molar refractivity (Wildman–Crippen MR) is 125 cm³/mol. The van der Waals surface area contributed by atoms with Crippen LogP contribution in [0, 0.1) is 6.92 Å². The zero-order valence-electron chi connectivity index (χ0n) is 17.9. The van der Waals surface area contributed by atoms with Gasteiger partial charge < -0.3 is 5.32 Å². The van der Waals surface area contributed by atoms with Crippen LogP contribution in [0.5, 0.6) is 0 Å². The van der Waals surface area contributed by atoms with Crippen molar-refractivity contribution >= 4 is 32.5 Å². The highest BCUT2D eigenvalue weighted by Gasteiger charge is 2.21. The van der Waals surface area contributed by atoms with E-state index in [1.807, 2.05) is 59.3 Å². The standard InChI is InChI=1S/C24H24N4O3S/c1-17-12-13-21(26-18(2)29)24(14-17)32(30,31)25-15-22-20-10-6-7-11-23(20)28(27-22)16-19-8-4-3-5-9-19/h3-14,25H,15-16H2,1-2H3,(H,26,29). The van der Waals surface area contributed by atoms with Crippen molar-refractivity contribution in [2.75, 3.05) is 5.32 Å². The molecule has 0 saturated heterocycles. The molecule has 0 saturated carbocycles. The molecular weight excluding hydrogens is 424 g/mol. The second kappa shape index (κ2) is 8.94. The highest BCUT2D eigenvalue weighted by Crippen LogP contribution is 2.24. The van der Waals surface area contributed by atoms with Crippen LogP contribution >= 0.6 is 0 Å². The normalized spacial score (nSPS) is 11.6. The minimum atomic E-state index is -3.89. The Bertz CT molecular complexity index is 1380. The fraction of sp³-hybridized carbons (Fsp3) is 0.167. The van der Waals surface area contributed by atoms with Crippen LogP contribution in [0.4, 0.5) is 5.69 Å². The number of hydrogen-bond donors (Lipinski definition) is 2. The van der Waals surface area contributed by atoms with Gasteiger partial charge in [0.1, 0.15) is 4.90 Å². The SMILES string of the molecule is CC(=O)Nc1ccc(C)cc1S(=O)(=O)NCc1nn(Cc2ccccc2)c2ccccc12. The van der Waals surface area contributed by atoms with Gasteiger partial charge in [0.2, 0.25) is 15.9 Å². The zero-order chi connectivity index (χ0) is 22.7. The fourth-order valence-corrected chi connectivity index (χ4v) is 4.82. The van der Waals surface area contributed by atoms with Gasteiger partial charge in [-0.05, 0) is 36.2 Å². The number of aryl methyl sites for hydroxylation is 1. The van der Waals surface area contributed by atoms with Crippen LogP contribution in [0.3, 0.4) is 0 Å². The number of aromatic nitrogens is 2. The van der Waals surface area contributed by atoms with Gasteiger partial charge in [0, 0.05) is 12.3 Å². The second-order valence-corrected chi connectivity index (χ2v) is 9.35. The van der Waals surface area contributed by atoms with Gasteiger partial charge in [-0.25, -0.2) is 13.1 Å². The number of para-hydroxylation sites is 1. The van der Waals surface area contributed by atoms with Crippen molar-refractivity contribution in [1.82, 2.24) is 14.5 Å². The molecule has 1 heterocycles. The first-order valence-corrected chi connectivity index (χ1v) is 11.7. The number of hydrogen-bond acceptors (Lipinski definition) is 4. The lowest BCUT2D eigenvalue weighted by molar-refractivity contribution is -0.114. The number of carbonyl (C=O) groups is 1. The molecule has 8 heteroatoms. The van der Waals surface area contributed by atoms with Crippen molar-refractivity contribution in [3.63, 3.8) is 0 Å². The van der Waals surface area contributed by atoms with E-state index >= 15 is 0 Å². The molecule has 164 valence electrons. The lowest BCUT2D eigenvalue weighted by Crippen LogP contribution is -2.25.